The minimum absolute atomic E-state index is 0.0343. The largest absolute Gasteiger partial charge is 0.495 e. The van der Waals surface area contributed by atoms with Gasteiger partial charge in [-0.15, -0.1) is 0 Å². The number of methoxy groups -OCH3 is 1. The molecule has 0 spiro atoms. The Labute approximate surface area is 158 Å². The van der Waals surface area contributed by atoms with Crippen LogP contribution in [0.3, 0.4) is 0 Å². The molecule has 3 rings (SSSR count). The highest BCUT2D eigenvalue weighted by molar-refractivity contribution is 7.92. The number of benzene rings is 2. The molecular formula is C17H18ClNO5S2. The van der Waals surface area contributed by atoms with Crippen molar-refractivity contribution in [1.29, 1.82) is 0 Å². The first-order valence-corrected chi connectivity index (χ1v) is 11.3. The number of sulfonamides is 1. The monoisotopic (exact) mass is 415 g/mol. The molecule has 1 aliphatic rings. The lowest BCUT2D eigenvalue weighted by Gasteiger charge is -2.18. The fourth-order valence-electron chi connectivity index (χ4n) is 2.96. The van der Waals surface area contributed by atoms with Gasteiger partial charge in [-0.2, -0.15) is 4.31 Å². The molecule has 0 aromatic heterocycles. The van der Waals surface area contributed by atoms with Crippen LogP contribution >= 0.6 is 11.6 Å². The van der Waals surface area contributed by atoms with E-state index in [1.165, 1.54) is 41.7 Å². The van der Waals surface area contributed by atoms with E-state index in [1.54, 1.807) is 18.2 Å². The molecule has 1 aliphatic heterocycles. The second-order valence-electron chi connectivity index (χ2n) is 5.92. The molecule has 0 aliphatic carbocycles. The Kier molecular flexibility index (Phi) is 5.30. The third-order valence-corrected chi connectivity index (χ3v) is 8.72. The molecule has 6 nitrogen and oxygen atoms in total. The Morgan fingerprint density at radius 2 is 1.69 bits per heavy atom. The van der Waals surface area contributed by atoms with Gasteiger partial charge in [0.1, 0.15) is 10.6 Å². The smallest absolute Gasteiger partial charge is 0.246 e. The number of para-hydroxylation sites is 1. The SMILES string of the molecule is COc1ccccc1S(=O)(=O)N1CCC(S(=O)(=O)c2ccc(Cl)cc2)C1. The van der Waals surface area contributed by atoms with Gasteiger partial charge in [-0.05, 0) is 42.8 Å². The Balaban J connectivity index is 1.87. The van der Waals surface area contributed by atoms with E-state index in [2.05, 4.69) is 0 Å². The van der Waals surface area contributed by atoms with E-state index in [-0.39, 0.29) is 35.1 Å². The van der Waals surface area contributed by atoms with Crippen molar-refractivity contribution in [3.63, 3.8) is 0 Å². The van der Waals surface area contributed by atoms with E-state index in [9.17, 15) is 16.8 Å². The maximum absolute atomic E-state index is 12.9. The van der Waals surface area contributed by atoms with Crippen molar-refractivity contribution in [3.8, 4) is 5.75 Å². The summed E-state index contributed by atoms with van der Waals surface area (Å²) in [6.07, 6.45) is 0.235. The van der Waals surface area contributed by atoms with E-state index in [0.717, 1.165) is 0 Å². The molecule has 1 saturated heterocycles. The predicted molar refractivity (Wildman–Crippen MR) is 98.8 cm³/mol. The van der Waals surface area contributed by atoms with Crippen LogP contribution in [0.4, 0.5) is 0 Å². The Morgan fingerprint density at radius 1 is 1.04 bits per heavy atom. The zero-order valence-corrected chi connectivity index (χ0v) is 16.4. The highest BCUT2D eigenvalue weighted by Crippen LogP contribution is 2.31. The van der Waals surface area contributed by atoms with Crippen molar-refractivity contribution >= 4 is 31.5 Å². The van der Waals surface area contributed by atoms with Gasteiger partial charge < -0.3 is 4.74 Å². The zero-order valence-electron chi connectivity index (χ0n) is 14.0. The number of halogens is 1. The third kappa shape index (κ3) is 3.46. The van der Waals surface area contributed by atoms with Gasteiger partial charge in [0.25, 0.3) is 0 Å². The van der Waals surface area contributed by atoms with Crippen LogP contribution < -0.4 is 4.74 Å². The summed E-state index contributed by atoms with van der Waals surface area (Å²) >= 11 is 5.81. The van der Waals surface area contributed by atoms with Gasteiger partial charge in [0, 0.05) is 18.1 Å². The maximum atomic E-state index is 12.9. The number of ether oxygens (including phenoxy) is 1. The summed E-state index contributed by atoms with van der Waals surface area (Å²) in [7, 11) is -6.09. The average molecular weight is 416 g/mol. The highest BCUT2D eigenvalue weighted by atomic mass is 35.5. The summed E-state index contributed by atoms with van der Waals surface area (Å²) in [5.74, 6) is 0.233. The second-order valence-corrected chi connectivity index (χ2v) is 10.5. The normalized spacial score (nSPS) is 18.8. The van der Waals surface area contributed by atoms with E-state index in [0.29, 0.717) is 5.02 Å². The molecule has 1 fully saturated rings. The van der Waals surface area contributed by atoms with E-state index in [1.807, 2.05) is 0 Å². The zero-order chi connectivity index (χ0) is 18.9. The number of rotatable bonds is 5. The van der Waals surface area contributed by atoms with Crippen molar-refractivity contribution in [2.75, 3.05) is 20.2 Å². The molecule has 140 valence electrons. The molecule has 1 heterocycles. The molecule has 2 aromatic carbocycles. The van der Waals surface area contributed by atoms with Crippen LogP contribution in [0.15, 0.2) is 58.3 Å². The first-order chi connectivity index (χ1) is 12.3. The van der Waals surface area contributed by atoms with Crippen molar-refractivity contribution in [1.82, 2.24) is 4.31 Å². The molecule has 9 heteroatoms. The quantitative estimate of drug-likeness (QED) is 0.749. The van der Waals surface area contributed by atoms with Gasteiger partial charge in [-0.3, -0.25) is 0 Å². The molecule has 0 bridgehead atoms. The van der Waals surface area contributed by atoms with Crippen LogP contribution in [0.2, 0.25) is 5.02 Å². The molecule has 0 N–H and O–H groups in total. The predicted octanol–water partition coefficient (Wildman–Crippen LogP) is 2.59. The van der Waals surface area contributed by atoms with E-state index < -0.39 is 25.1 Å². The molecule has 0 saturated carbocycles. The molecule has 0 amide bonds. The lowest BCUT2D eigenvalue weighted by atomic mass is 10.3. The number of hydrogen-bond acceptors (Lipinski definition) is 5. The average Bonchev–Trinajstić information content (AvgIpc) is 3.14. The highest BCUT2D eigenvalue weighted by Gasteiger charge is 2.40. The third-order valence-electron chi connectivity index (χ3n) is 4.38. The van der Waals surface area contributed by atoms with Crippen molar-refractivity contribution in [2.45, 2.75) is 21.5 Å². The maximum Gasteiger partial charge on any atom is 0.246 e. The minimum Gasteiger partial charge on any atom is -0.495 e. The van der Waals surface area contributed by atoms with Crippen LogP contribution in [-0.4, -0.2) is 46.6 Å². The summed E-state index contributed by atoms with van der Waals surface area (Å²) in [4.78, 5) is 0.176. The number of nitrogens with zero attached hydrogens (tertiary/aromatic N) is 1. The van der Waals surface area contributed by atoms with Gasteiger partial charge >= 0.3 is 0 Å². The fourth-order valence-corrected chi connectivity index (χ4v) is 6.53. The molecule has 0 radical (unpaired) electrons. The topological polar surface area (TPSA) is 80.8 Å². The summed E-state index contributed by atoms with van der Waals surface area (Å²) in [5, 5.41) is -0.357. The van der Waals surface area contributed by atoms with Crippen LogP contribution in [0.5, 0.6) is 5.75 Å². The van der Waals surface area contributed by atoms with Gasteiger partial charge in [0.2, 0.25) is 10.0 Å². The van der Waals surface area contributed by atoms with E-state index in [4.69, 9.17) is 16.3 Å². The van der Waals surface area contributed by atoms with Crippen LogP contribution in [0, 0.1) is 0 Å². The number of sulfone groups is 1. The molecule has 1 unspecified atom stereocenters. The van der Waals surface area contributed by atoms with Crippen LogP contribution in [0.1, 0.15) is 6.42 Å². The Morgan fingerprint density at radius 3 is 2.35 bits per heavy atom. The Hall–Kier alpha value is -1.61. The van der Waals surface area contributed by atoms with Gasteiger partial charge in [0.05, 0.1) is 17.3 Å². The fraction of sp³-hybridized carbons (Fsp3) is 0.294. The molecule has 26 heavy (non-hydrogen) atoms. The summed E-state index contributed by atoms with van der Waals surface area (Å²) in [6, 6.07) is 12.2. The van der Waals surface area contributed by atoms with Crippen LogP contribution in [-0.2, 0) is 19.9 Å². The van der Waals surface area contributed by atoms with Gasteiger partial charge in [0.15, 0.2) is 9.84 Å². The molecular weight excluding hydrogens is 398 g/mol. The first-order valence-electron chi connectivity index (χ1n) is 7.89. The van der Waals surface area contributed by atoms with E-state index >= 15 is 0 Å². The molecule has 2 aromatic rings. The van der Waals surface area contributed by atoms with Crippen molar-refractivity contribution in [3.05, 3.63) is 53.6 Å². The lowest BCUT2D eigenvalue weighted by Crippen LogP contribution is -2.32. The van der Waals surface area contributed by atoms with Crippen molar-refractivity contribution in [2.24, 2.45) is 0 Å². The van der Waals surface area contributed by atoms with Gasteiger partial charge in [-0.1, -0.05) is 23.7 Å². The standard InChI is InChI=1S/C17H18ClNO5S2/c1-24-16-4-2-3-5-17(16)26(22,23)19-11-10-15(12-19)25(20,21)14-8-6-13(18)7-9-14/h2-9,15H,10-12H2,1H3. The summed E-state index contributed by atoms with van der Waals surface area (Å²) in [6.45, 7) is 0.0449. The van der Waals surface area contributed by atoms with Crippen LogP contribution in [0.25, 0.3) is 0 Å². The van der Waals surface area contributed by atoms with Gasteiger partial charge in [-0.25, -0.2) is 16.8 Å². The summed E-state index contributed by atoms with van der Waals surface area (Å²) in [5.41, 5.74) is 0. The molecule has 1 atom stereocenters. The Bertz CT molecular complexity index is 1000. The summed E-state index contributed by atoms with van der Waals surface area (Å²) < 4.78 is 57.7. The second kappa shape index (κ2) is 7.19. The lowest BCUT2D eigenvalue weighted by molar-refractivity contribution is 0.398. The minimum atomic E-state index is -3.84. The van der Waals surface area contributed by atoms with Crippen molar-refractivity contribution < 1.29 is 21.6 Å². The first kappa shape index (κ1) is 19.2. The number of hydrogen-bond donors (Lipinski definition) is 0.